The van der Waals surface area contributed by atoms with Crippen LogP contribution in [0.4, 0.5) is 0 Å². The molecule has 2 aromatic rings. The minimum absolute atomic E-state index is 0.0715. The number of nitrogens with zero attached hydrogens (tertiary/aromatic N) is 2. The van der Waals surface area contributed by atoms with Crippen molar-refractivity contribution in [3.05, 3.63) is 45.8 Å². The molecule has 90 valence electrons. The highest BCUT2D eigenvalue weighted by Crippen LogP contribution is 2.22. The van der Waals surface area contributed by atoms with E-state index in [2.05, 4.69) is 11.1 Å². The lowest BCUT2D eigenvalue weighted by Crippen LogP contribution is -2.01. The van der Waals surface area contributed by atoms with Crippen molar-refractivity contribution in [1.82, 2.24) is 4.98 Å². The summed E-state index contributed by atoms with van der Waals surface area (Å²) in [6, 6.07) is 9.28. The van der Waals surface area contributed by atoms with Gasteiger partial charge < -0.3 is 0 Å². The Labute approximate surface area is 113 Å². The Kier molecular flexibility index (Phi) is 4.13. The Morgan fingerprint density at radius 2 is 2.33 bits per heavy atom. The molecule has 3 nitrogen and oxygen atoms in total. The number of hydrogen-bond donors (Lipinski definition) is 0. The molecule has 0 aliphatic heterocycles. The number of aromatic nitrogens is 1. The first-order valence-electron chi connectivity index (χ1n) is 5.28. The lowest BCUT2D eigenvalue weighted by Gasteiger charge is -2.03. The number of thiophene rings is 1. The largest absolute Gasteiger partial charge is 0.292 e. The molecule has 0 saturated carbocycles. The lowest BCUT2D eigenvalue weighted by molar-refractivity contribution is 0.102. The molecule has 0 spiro atoms. The minimum atomic E-state index is 0.0715. The number of pyridine rings is 1. The first kappa shape index (κ1) is 12.8. The molecule has 2 aromatic heterocycles. The number of thioether (sulfide) groups is 1. The third-order valence-electron chi connectivity index (χ3n) is 2.26. The highest BCUT2D eigenvalue weighted by molar-refractivity contribution is 8.00. The zero-order chi connectivity index (χ0) is 13.0. The van der Waals surface area contributed by atoms with E-state index in [-0.39, 0.29) is 5.78 Å². The summed E-state index contributed by atoms with van der Waals surface area (Å²) in [4.78, 5) is 16.9. The van der Waals surface area contributed by atoms with Gasteiger partial charge in [-0.2, -0.15) is 5.26 Å². The Bertz CT molecular complexity index is 600. The maximum Gasteiger partial charge on any atom is 0.183 e. The molecule has 0 saturated heterocycles. The molecule has 0 atom stereocenters. The van der Waals surface area contributed by atoms with Crippen molar-refractivity contribution in [1.29, 1.82) is 5.26 Å². The summed E-state index contributed by atoms with van der Waals surface area (Å²) in [5.74, 6) is 0.383. The van der Waals surface area contributed by atoms with Crippen LogP contribution in [0.15, 0.2) is 34.7 Å². The number of Topliss-reactive ketones (excluding diaryl/α,β-unsaturated/α-hetero) is 1. The second kappa shape index (κ2) is 5.80. The van der Waals surface area contributed by atoms with Gasteiger partial charge >= 0.3 is 0 Å². The van der Waals surface area contributed by atoms with Crippen LogP contribution in [0.25, 0.3) is 0 Å². The van der Waals surface area contributed by atoms with E-state index in [9.17, 15) is 4.79 Å². The predicted octanol–water partition coefficient (Wildman–Crippen LogP) is 3.30. The number of carbonyl (C=O) groups is 1. The average molecular weight is 274 g/mol. The normalized spacial score (nSPS) is 10.0. The fraction of sp³-hybridized carbons (Fsp3) is 0.154. The first-order chi connectivity index (χ1) is 8.70. The fourth-order valence-electron chi connectivity index (χ4n) is 1.37. The van der Waals surface area contributed by atoms with Crippen LogP contribution < -0.4 is 0 Å². The zero-order valence-corrected chi connectivity index (χ0v) is 11.3. The van der Waals surface area contributed by atoms with Crippen LogP contribution in [0.5, 0.6) is 0 Å². The van der Waals surface area contributed by atoms with Crippen molar-refractivity contribution in [2.45, 2.75) is 11.9 Å². The molecule has 18 heavy (non-hydrogen) atoms. The third-order valence-corrected chi connectivity index (χ3v) is 4.16. The minimum Gasteiger partial charge on any atom is -0.292 e. The third kappa shape index (κ3) is 2.97. The van der Waals surface area contributed by atoms with Crippen molar-refractivity contribution >= 4 is 28.9 Å². The molecule has 2 rings (SSSR count). The molecular formula is C13H10N2OS2. The fourth-order valence-corrected chi connectivity index (χ4v) is 3.03. The van der Waals surface area contributed by atoms with Gasteiger partial charge in [-0.15, -0.1) is 11.3 Å². The Morgan fingerprint density at radius 3 is 3.00 bits per heavy atom. The standard InChI is InChI=1S/C13H10N2OS2/c1-9-4-5-10(7-14)13(15-9)18-8-11(16)12-3-2-6-17-12/h2-6H,8H2,1H3. The number of rotatable bonds is 4. The van der Waals surface area contributed by atoms with Crippen LogP contribution in [-0.4, -0.2) is 16.5 Å². The second-order valence-corrected chi connectivity index (χ2v) is 5.52. The summed E-state index contributed by atoms with van der Waals surface area (Å²) in [7, 11) is 0. The highest BCUT2D eigenvalue weighted by Gasteiger charge is 2.10. The Balaban J connectivity index is 2.09. The zero-order valence-electron chi connectivity index (χ0n) is 9.71. The topological polar surface area (TPSA) is 53.8 Å². The molecule has 2 heterocycles. The molecule has 0 radical (unpaired) electrons. The monoisotopic (exact) mass is 274 g/mol. The van der Waals surface area contributed by atoms with Gasteiger partial charge in [0.2, 0.25) is 0 Å². The number of hydrogen-bond acceptors (Lipinski definition) is 5. The molecule has 0 aliphatic carbocycles. The van der Waals surface area contributed by atoms with Gasteiger partial charge in [0.05, 0.1) is 16.2 Å². The summed E-state index contributed by atoms with van der Waals surface area (Å²) in [6.45, 7) is 1.87. The van der Waals surface area contributed by atoms with E-state index < -0.39 is 0 Å². The van der Waals surface area contributed by atoms with Gasteiger partial charge in [0.15, 0.2) is 5.78 Å². The molecular weight excluding hydrogens is 264 g/mol. The van der Waals surface area contributed by atoms with Crippen LogP contribution in [0.2, 0.25) is 0 Å². The van der Waals surface area contributed by atoms with Gasteiger partial charge in [-0.1, -0.05) is 17.8 Å². The van der Waals surface area contributed by atoms with Gasteiger partial charge in [-0.25, -0.2) is 4.98 Å². The predicted molar refractivity (Wildman–Crippen MR) is 73.1 cm³/mol. The molecule has 0 bridgehead atoms. The molecule has 0 unspecified atom stereocenters. The number of nitriles is 1. The smallest absolute Gasteiger partial charge is 0.183 e. The summed E-state index contributed by atoms with van der Waals surface area (Å²) in [5, 5.41) is 11.5. The van der Waals surface area contributed by atoms with Crippen LogP contribution in [0.3, 0.4) is 0 Å². The van der Waals surface area contributed by atoms with Crippen LogP contribution in [-0.2, 0) is 0 Å². The van der Waals surface area contributed by atoms with E-state index in [1.54, 1.807) is 12.1 Å². The highest BCUT2D eigenvalue weighted by atomic mass is 32.2. The number of ketones is 1. The van der Waals surface area contributed by atoms with Crippen molar-refractivity contribution in [3.8, 4) is 6.07 Å². The van der Waals surface area contributed by atoms with Crippen molar-refractivity contribution < 1.29 is 4.79 Å². The molecule has 0 amide bonds. The maximum absolute atomic E-state index is 11.8. The lowest BCUT2D eigenvalue weighted by atomic mass is 10.3. The van der Waals surface area contributed by atoms with E-state index >= 15 is 0 Å². The Hall–Kier alpha value is -1.64. The van der Waals surface area contributed by atoms with E-state index in [1.807, 2.05) is 24.4 Å². The SMILES string of the molecule is Cc1ccc(C#N)c(SCC(=O)c2cccs2)n1. The van der Waals surface area contributed by atoms with Crippen molar-refractivity contribution in [2.75, 3.05) is 5.75 Å². The summed E-state index contributed by atoms with van der Waals surface area (Å²) >= 11 is 2.75. The average Bonchev–Trinajstić information content (AvgIpc) is 2.90. The van der Waals surface area contributed by atoms with Gasteiger partial charge in [-0.3, -0.25) is 4.79 Å². The van der Waals surface area contributed by atoms with E-state index in [4.69, 9.17) is 5.26 Å². The molecule has 0 N–H and O–H groups in total. The van der Waals surface area contributed by atoms with Crippen LogP contribution >= 0.6 is 23.1 Å². The van der Waals surface area contributed by atoms with Crippen LogP contribution in [0.1, 0.15) is 20.9 Å². The quantitative estimate of drug-likeness (QED) is 0.634. The van der Waals surface area contributed by atoms with Crippen molar-refractivity contribution in [3.63, 3.8) is 0 Å². The maximum atomic E-state index is 11.8. The summed E-state index contributed by atoms with van der Waals surface area (Å²) in [6.07, 6.45) is 0. The second-order valence-electron chi connectivity index (χ2n) is 3.61. The molecule has 0 fully saturated rings. The van der Waals surface area contributed by atoms with E-state index in [0.717, 1.165) is 10.6 Å². The van der Waals surface area contributed by atoms with Gasteiger partial charge in [0.25, 0.3) is 0 Å². The van der Waals surface area contributed by atoms with Crippen LogP contribution in [0, 0.1) is 18.3 Å². The molecule has 0 aromatic carbocycles. The van der Waals surface area contributed by atoms with Gasteiger partial charge in [-0.05, 0) is 30.5 Å². The molecule has 5 heteroatoms. The molecule has 0 aliphatic rings. The van der Waals surface area contributed by atoms with Gasteiger partial charge in [0, 0.05) is 5.69 Å². The summed E-state index contributed by atoms with van der Waals surface area (Å²) in [5.41, 5.74) is 1.37. The van der Waals surface area contributed by atoms with E-state index in [1.165, 1.54) is 23.1 Å². The van der Waals surface area contributed by atoms with Gasteiger partial charge in [0.1, 0.15) is 11.1 Å². The van der Waals surface area contributed by atoms with Crippen molar-refractivity contribution in [2.24, 2.45) is 0 Å². The number of aryl methyl sites for hydroxylation is 1. The first-order valence-corrected chi connectivity index (χ1v) is 7.14. The number of carbonyl (C=O) groups excluding carboxylic acids is 1. The summed E-state index contributed by atoms with van der Waals surface area (Å²) < 4.78 is 0. The van der Waals surface area contributed by atoms with E-state index in [0.29, 0.717) is 16.3 Å². The Morgan fingerprint density at radius 1 is 1.50 bits per heavy atom.